The van der Waals surface area contributed by atoms with Crippen LogP contribution in [0.4, 0.5) is 0 Å². The van der Waals surface area contributed by atoms with Gasteiger partial charge in [-0.1, -0.05) is 6.92 Å². The molecule has 2 heterocycles. The van der Waals surface area contributed by atoms with E-state index in [1.807, 2.05) is 11.3 Å². The molecule has 4 heteroatoms. The molecule has 0 bridgehead atoms. The molecule has 2 rings (SSSR count). The van der Waals surface area contributed by atoms with Gasteiger partial charge in [-0.15, -0.1) is 11.3 Å². The zero-order chi connectivity index (χ0) is 11.2. The lowest BCUT2D eigenvalue weighted by Crippen LogP contribution is -2.43. The van der Waals surface area contributed by atoms with Crippen molar-refractivity contribution in [2.45, 2.75) is 26.2 Å². The van der Waals surface area contributed by atoms with Gasteiger partial charge in [0.05, 0.1) is 10.7 Å². The molecular formula is C12H21N3S. The molecule has 0 spiro atoms. The monoisotopic (exact) mass is 239 g/mol. The van der Waals surface area contributed by atoms with E-state index >= 15 is 0 Å². The van der Waals surface area contributed by atoms with Gasteiger partial charge in [-0.2, -0.15) is 0 Å². The van der Waals surface area contributed by atoms with Gasteiger partial charge in [0.2, 0.25) is 0 Å². The molecule has 0 saturated carbocycles. The Balaban J connectivity index is 1.66. The predicted molar refractivity (Wildman–Crippen MR) is 69.1 cm³/mol. The highest BCUT2D eigenvalue weighted by atomic mass is 32.1. The van der Waals surface area contributed by atoms with Crippen LogP contribution in [-0.4, -0.2) is 42.6 Å². The van der Waals surface area contributed by atoms with Crippen molar-refractivity contribution in [1.82, 2.24) is 15.2 Å². The van der Waals surface area contributed by atoms with E-state index in [4.69, 9.17) is 0 Å². The average molecular weight is 239 g/mol. The fourth-order valence-electron chi connectivity index (χ4n) is 2.01. The van der Waals surface area contributed by atoms with Crippen LogP contribution >= 0.6 is 11.3 Å². The lowest BCUT2D eigenvalue weighted by molar-refractivity contribution is 0.238. The molecule has 0 aromatic carbocycles. The van der Waals surface area contributed by atoms with Crippen LogP contribution in [0.25, 0.3) is 0 Å². The predicted octanol–water partition coefficient (Wildman–Crippen LogP) is 1.54. The van der Waals surface area contributed by atoms with Crippen LogP contribution in [0.5, 0.6) is 0 Å². The van der Waals surface area contributed by atoms with Crippen molar-refractivity contribution in [2.24, 2.45) is 0 Å². The molecule has 3 nitrogen and oxygen atoms in total. The molecule has 16 heavy (non-hydrogen) atoms. The second kappa shape index (κ2) is 6.33. The molecule has 0 atom stereocenters. The maximum absolute atomic E-state index is 4.60. The Kier molecular flexibility index (Phi) is 4.75. The van der Waals surface area contributed by atoms with Gasteiger partial charge in [-0.3, -0.25) is 0 Å². The Morgan fingerprint density at radius 2 is 2.25 bits per heavy atom. The summed E-state index contributed by atoms with van der Waals surface area (Å²) in [7, 11) is 0. The van der Waals surface area contributed by atoms with E-state index in [9.17, 15) is 0 Å². The molecule has 90 valence electrons. The van der Waals surface area contributed by atoms with Crippen LogP contribution < -0.4 is 5.32 Å². The summed E-state index contributed by atoms with van der Waals surface area (Å²) in [6, 6.07) is 0. The summed E-state index contributed by atoms with van der Waals surface area (Å²) >= 11 is 1.82. The molecule has 1 aliphatic heterocycles. The van der Waals surface area contributed by atoms with E-state index in [0.717, 1.165) is 25.9 Å². The first-order valence-corrected chi connectivity index (χ1v) is 7.13. The number of nitrogens with one attached hydrogen (secondary N) is 1. The highest BCUT2D eigenvalue weighted by Crippen LogP contribution is 2.12. The van der Waals surface area contributed by atoms with Crippen LogP contribution in [-0.2, 0) is 12.8 Å². The Labute approximate surface area is 102 Å². The standard InChI is InChI=1S/C12H21N3S/c1-2-11-10-16-12(14-11)4-3-7-15-8-5-13-6-9-15/h10,13H,2-9H2,1H3. The summed E-state index contributed by atoms with van der Waals surface area (Å²) < 4.78 is 0. The van der Waals surface area contributed by atoms with Crippen molar-refractivity contribution in [3.63, 3.8) is 0 Å². The first-order valence-electron chi connectivity index (χ1n) is 6.25. The third-order valence-corrected chi connectivity index (χ3v) is 3.99. The largest absolute Gasteiger partial charge is 0.314 e. The highest BCUT2D eigenvalue weighted by Gasteiger charge is 2.09. The van der Waals surface area contributed by atoms with Gasteiger partial charge in [0.25, 0.3) is 0 Å². The van der Waals surface area contributed by atoms with Gasteiger partial charge in [0.15, 0.2) is 0 Å². The first-order chi connectivity index (χ1) is 7.88. The van der Waals surface area contributed by atoms with E-state index in [2.05, 4.69) is 27.5 Å². The minimum absolute atomic E-state index is 1.06. The summed E-state index contributed by atoms with van der Waals surface area (Å²) in [5, 5.41) is 6.89. The van der Waals surface area contributed by atoms with Crippen LogP contribution in [0.2, 0.25) is 0 Å². The van der Waals surface area contributed by atoms with E-state index in [-0.39, 0.29) is 0 Å². The average Bonchev–Trinajstić information content (AvgIpc) is 2.78. The van der Waals surface area contributed by atoms with Crippen LogP contribution in [0.3, 0.4) is 0 Å². The maximum Gasteiger partial charge on any atom is 0.0928 e. The van der Waals surface area contributed by atoms with Gasteiger partial charge in [-0.05, 0) is 19.4 Å². The molecule has 1 aliphatic rings. The number of thiazole rings is 1. The first kappa shape index (κ1) is 12.0. The van der Waals surface area contributed by atoms with Crippen molar-refractivity contribution in [3.8, 4) is 0 Å². The summed E-state index contributed by atoms with van der Waals surface area (Å²) in [6.45, 7) is 8.10. The molecule has 1 fully saturated rings. The third kappa shape index (κ3) is 3.54. The van der Waals surface area contributed by atoms with Crippen LogP contribution in [0.1, 0.15) is 24.0 Å². The van der Waals surface area contributed by atoms with E-state index in [1.165, 1.54) is 36.8 Å². The Bertz CT molecular complexity index is 305. The second-order valence-electron chi connectivity index (χ2n) is 4.28. The Hall–Kier alpha value is -0.450. The van der Waals surface area contributed by atoms with E-state index in [1.54, 1.807) is 0 Å². The highest BCUT2D eigenvalue weighted by molar-refractivity contribution is 7.09. The molecule has 0 radical (unpaired) electrons. The van der Waals surface area contributed by atoms with Gasteiger partial charge in [0.1, 0.15) is 0 Å². The summed E-state index contributed by atoms with van der Waals surface area (Å²) in [6.07, 6.45) is 3.46. The summed E-state index contributed by atoms with van der Waals surface area (Å²) in [5.74, 6) is 0. The molecule has 1 aromatic heterocycles. The van der Waals surface area contributed by atoms with E-state index < -0.39 is 0 Å². The van der Waals surface area contributed by atoms with Crippen LogP contribution in [0, 0.1) is 0 Å². The number of hydrogen-bond donors (Lipinski definition) is 1. The number of nitrogens with zero attached hydrogens (tertiary/aromatic N) is 2. The molecule has 1 saturated heterocycles. The minimum atomic E-state index is 1.06. The van der Waals surface area contributed by atoms with Crippen molar-refractivity contribution in [3.05, 3.63) is 16.1 Å². The molecule has 0 amide bonds. The normalized spacial score (nSPS) is 17.8. The SMILES string of the molecule is CCc1csc(CCCN2CCNCC2)n1. The zero-order valence-corrected chi connectivity index (χ0v) is 10.9. The fraction of sp³-hybridized carbons (Fsp3) is 0.750. The smallest absolute Gasteiger partial charge is 0.0928 e. The topological polar surface area (TPSA) is 28.2 Å². The number of hydrogen-bond acceptors (Lipinski definition) is 4. The molecule has 0 aliphatic carbocycles. The molecular weight excluding hydrogens is 218 g/mol. The lowest BCUT2D eigenvalue weighted by Gasteiger charge is -2.26. The summed E-state index contributed by atoms with van der Waals surface area (Å²) in [4.78, 5) is 7.15. The zero-order valence-electron chi connectivity index (χ0n) is 10.0. The Morgan fingerprint density at radius 3 is 2.94 bits per heavy atom. The van der Waals surface area contributed by atoms with Crippen molar-refractivity contribution < 1.29 is 0 Å². The summed E-state index contributed by atoms with van der Waals surface area (Å²) in [5.41, 5.74) is 1.25. The van der Waals surface area contributed by atoms with Crippen LogP contribution in [0.15, 0.2) is 5.38 Å². The van der Waals surface area contributed by atoms with Gasteiger partial charge >= 0.3 is 0 Å². The second-order valence-corrected chi connectivity index (χ2v) is 5.22. The quantitative estimate of drug-likeness (QED) is 0.845. The minimum Gasteiger partial charge on any atom is -0.314 e. The number of piperazine rings is 1. The van der Waals surface area contributed by atoms with Crippen molar-refractivity contribution in [2.75, 3.05) is 32.7 Å². The lowest BCUT2D eigenvalue weighted by atomic mass is 10.2. The number of rotatable bonds is 5. The van der Waals surface area contributed by atoms with Crippen molar-refractivity contribution >= 4 is 11.3 Å². The molecule has 1 aromatic rings. The van der Waals surface area contributed by atoms with Gasteiger partial charge in [0, 0.05) is 38.0 Å². The Morgan fingerprint density at radius 1 is 1.44 bits per heavy atom. The number of aryl methyl sites for hydroxylation is 2. The fourth-order valence-corrected chi connectivity index (χ4v) is 2.94. The van der Waals surface area contributed by atoms with E-state index in [0.29, 0.717) is 0 Å². The van der Waals surface area contributed by atoms with Gasteiger partial charge < -0.3 is 10.2 Å². The molecule has 0 unspecified atom stereocenters. The maximum atomic E-state index is 4.60. The molecule has 1 N–H and O–H groups in total. The third-order valence-electron chi connectivity index (χ3n) is 3.04. The van der Waals surface area contributed by atoms with Crippen molar-refractivity contribution in [1.29, 1.82) is 0 Å². The number of aromatic nitrogens is 1. The van der Waals surface area contributed by atoms with Gasteiger partial charge in [-0.25, -0.2) is 4.98 Å².